The van der Waals surface area contributed by atoms with Crippen molar-refractivity contribution in [2.45, 2.75) is 38.5 Å². The Morgan fingerprint density at radius 2 is 2.00 bits per heavy atom. The van der Waals surface area contributed by atoms with E-state index < -0.39 is 10.0 Å². The molecule has 0 bridgehead atoms. The third-order valence-corrected chi connectivity index (χ3v) is 6.28. The molecule has 0 spiro atoms. The third-order valence-electron chi connectivity index (χ3n) is 4.24. The molecule has 0 unspecified atom stereocenters. The molecule has 7 heteroatoms. The van der Waals surface area contributed by atoms with Crippen LogP contribution in [-0.4, -0.2) is 49.2 Å². The molecule has 0 saturated carbocycles. The minimum absolute atomic E-state index is 0.0239. The van der Waals surface area contributed by atoms with Gasteiger partial charge in [-0.05, 0) is 44.4 Å². The highest BCUT2D eigenvalue weighted by atomic mass is 35.5. The van der Waals surface area contributed by atoms with Gasteiger partial charge in [-0.2, -0.15) is 0 Å². The summed E-state index contributed by atoms with van der Waals surface area (Å²) in [5.41, 5.74) is 0.428. The van der Waals surface area contributed by atoms with Gasteiger partial charge in [0.1, 0.15) is 0 Å². The number of sulfonamides is 1. The summed E-state index contributed by atoms with van der Waals surface area (Å²) < 4.78 is 26.4. The maximum atomic E-state index is 12.5. The molecule has 2 rings (SSSR count). The van der Waals surface area contributed by atoms with Gasteiger partial charge in [-0.15, -0.1) is 0 Å². The van der Waals surface area contributed by atoms with Crippen LogP contribution in [0.2, 0.25) is 5.02 Å². The summed E-state index contributed by atoms with van der Waals surface area (Å²) in [5, 5.41) is 0.521. The van der Waals surface area contributed by atoms with Crippen LogP contribution in [0.4, 0.5) is 0 Å². The molecule has 0 aromatic heterocycles. The van der Waals surface area contributed by atoms with Crippen molar-refractivity contribution in [3.8, 4) is 0 Å². The van der Waals surface area contributed by atoms with Crippen molar-refractivity contribution in [1.29, 1.82) is 0 Å². The number of amides is 1. The molecule has 1 saturated heterocycles. The quantitative estimate of drug-likeness (QED) is 0.798. The largest absolute Gasteiger partial charge is 0.338 e. The van der Waals surface area contributed by atoms with Crippen molar-refractivity contribution >= 4 is 27.5 Å². The Balaban J connectivity index is 2.01. The van der Waals surface area contributed by atoms with Crippen LogP contribution < -0.4 is 0 Å². The van der Waals surface area contributed by atoms with Gasteiger partial charge < -0.3 is 4.90 Å². The molecule has 1 aromatic carbocycles. The van der Waals surface area contributed by atoms with Crippen LogP contribution in [0.3, 0.4) is 0 Å². The molecule has 0 radical (unpaired) electrons. The second-order valence-electron chi connectivity index (χ2n) is 7.41. The van der Waals surface area contributed by atoms with E-state index in [1.807, 2.05) is 25.7 Å². The zero-order valence-corrected chi connectivity index (χ0v) is 16.2. The summed E-state index contributed by atoms with van der Waals surface area (Å²) in [6.07, 6.45) is 0.397. The van der Waals surface area contributed by atoms with Crippen LogP contribution in [0.5, 0.6) is 0 Å². The fraction of sp³-hybridized carbons (Fsp3) is 0.588. The number of nitrogens with zero attached hydrogens (tertiary/aromatic N) is 2. The zero-order valence-electron chi connectivity index (χ0n) is 14.6. The van der Waals surface area contributed by atoms with Crippen LogP contribution in [0.25, 0.3) is 0 Å². The first kappa shape index (κ1) is 19.2. The third kappa shape index (κ3) is 4.71. The van der Waals surface area contributed by atoms with E-state index in [1.165, 1.54) is 4.31 Å². The first-order valence-corrected chi connectivity index (χ1v) is 9.96. The van der Waals surface area contributed by atoms with Gasteiger partial charge in [0.15, 0.2) is 0 Å². The van der Waals surface area contributed by atoms with Crippen molar-refractivity contribution in [2.75, 3.05) is 20.1 Å². The Hall–Kier alpha value is -1.11. The molecule has 0 N–H and O–H groups in total. The lowest BCUT2D eigenvalue weighted by molar-refractivity contribution is -0.131. The lowest BCUT2D eigenvalue weighted by Crippen LogP contribution is -2.43. The molecular formula is C17H25ClN2O3S. The number of hydrogen-bond donors (Lipinski definition) is 0. The van der Waals surface area contributed by atoms with E-state index in [9.17, 15) is 13.2 Å². The first-order chi connectivity index (χ1) is 11.0. The molecule has 1 aliphatic rings. The zero-order chi connectivity index (χ0) is 18.1. The molecule has 1 amide bonds. The second-order valence-corrected chi connectivity index (χ2v) is 9.92. The second kappa shape index (κ2) is 7.02. The lowest BCUT2D eigenvalue weighted by Gasteiger charge is -2.32. The topological polar surface area (TPSA) is 57.7 Å². The first-order valence-electron chi connectivity index (χ1n) is 7.98. The molecule has 0 aliphatic carbocycles. The Bertz CT molecular complexity index is 713. The van der Waals surface area contributed by atoms with E-state index in [0.717, 1.165) is 0 Å². The molecule has 1 aromatic rings. The molecule has 24 heavy (non-hydrogen) atoms. The monoisotopic (exact) mass is 372 g/mol. The highest BCUT2D eigenvalue weighted by molar-refractivity contribution is 7.88. The molecule has 1 heterocycles. The highest BCUT2D eigenvalue weighted by Gasteiger charge is 2.37. The summed E-state index contributed by atoms with van der Waals surface area (Å²) in [6.45, 7) is 6.92. The minimum atomic E-state index is -3.44. The van der Waals surface area contributed by atoms with E-state index in [-0.39, 0.29) is 23.1 Å². The maximum absolute atomic E-state index is 12.5. The lowest BCUT2D eigenvalue weighted by atomic mass is 10.1. The molecular weight excluding hydrogens is 348 g/mol. The number of halogens is 1. The summed E-state index contributed by atoms with van der Waals surface area (Å²) in [4.78, 5) is 14.0. The van der Waals surface area contributed by atoms with E-state index in [1.54, 1.807) is 31.3 Å². The van der Waals surface area contributed by atoms with Gasteiger partial charge in [-0.1, -0.05) is 23.7 Å². The van der Waals surface area contributed by atoms with Gasteiger partial charge >= 0.3 is 0 Å². The van der Waals surface area contributed by atoms with E-state index in [4.69, 9.17) is 11.6 Å². The molecule has 1 aliphatic heterocycles. The highest BCUT2D eigenvalue weighted by Crippen LogP contribution is 2.27. The minimum Gasteiger partial charge on any atom is -0.338 e. The summed E-state index contributed by atoms with van der Waals surface area (Å²) >= 11 is 5.91. The van der Waals surface area contributed by atoms with Crippen LogP contribution in [-0.2, 0) is 20.6 Å². The molecule has 134 valence electrons. The smallest absolute Gasteiger partial charge is 0.223 e. The number of carbonyl (C=O) groups is 1. The van der Waals surface area contributed by atoms with Gasteiger partial charge in [0.05, 0.1) is 5.75 Å². The summed E-state index contributed by atoms with van der Waals surface area (Å²) in [7, 11) is -1.87. The van der Waals surface area contributed by atoms with Crippen molar-refractivity contribution in [1.82, 2.24) is 9.21 Å². The van der Waals surface area contributed by atoms with Crippen molar-refractivity contribution in [3.63, 3.8) is 0 Å². The predicted molar refractivity (Wildman–Crippen MR) is 96.3 cm³/mol. The predicted octanol–water partition coefficient (Wildman–Crippen LogP) is 2.75. The number of benzene rings is 1. The average Bonchev–Trinajstić information content (AvgIpc) is 2.79. The molecule has 1 fully saturated rings. The SMILES string of the molecule is CN(C[C@H]1CC(=O)N(C(C)(C)C)C1)S(=O)(=O)Cc1cccc(Cl)c1. The van der Waals surface area contributed by atoms with Crippen molar-refractivity contribution < 1.29 is 13.2 Å². The van der Waals surface area contributed by atoms with E-state index >= 15 is 0 Å². The summed E-state index contributed by atoms with van der Waals surface area (Å²) in [5.74, 6) is 0.0252. The maximum Gasteiger partial charge on any atom is 0.223 e. The van der Waals surface area contributed by atoms with Crippen LogP contribution in [0.1, 0.15) is 32.8 Å². The number of likely N-dealkylation sites (tertiary alicyclic amines) is 1. The van der Waals surface area contributed by atoms with Crippen LogP contribution >= 0.6 is 11.6 Å². The van der Waals surface area contributed by atoms with Gasteiger partial charge in [0.25, 0.3) is 0 Å². The van der Waals surface area contributed by atoms with E-state index in [0.29, 0.717) is 30.1 Å². The fourth-order valence-corrected chi connectivity index (χ4v) is 4.45. The standard InChI is InChI=1S/C17H25ClN2O3S/c1-17(2,3)20-11-14(9-16(20)21)10-19(4)24(22,23)12-13-6-5-7-15(18)8-13/h5-8,14H,9-12H2,1-4H3/t14-/m1/s1. The fourth-order valence-electron chi connectivity index (χ4n) is 2.98. The van der Waals surface area contributed by atoms with Gasteiger partial charge in [-0.3, -0.25) is 4.79 Å². The molecule has 1 atom stereocenters. The Labute approximate surface area is 149 Å². The number of hydrogen-bond acceptors (Lipinski definition) is 3. The van der Waals surface area contributed by atoms with Crippen LogP contribution in [0.15, 0.2) is 24.3 Å². The summed E-state index contributed by atoms with van der Waals surface area (Å²) in [6, 6.07) is 6.86. The van der Waals surface area contributed by atoms with Gasteiger partial charge in [0.2, 0.25) is 15.9 Å². The normalized spacial score (nSPS) is 19.3. The van der Waals surface area contributed by atoms with Crippen LogP contribution in [0, 0.1) is 5.92 Å². The average molecular weight is 373 g/mol. The van der Waals surface area contributed by atoms with E-state index in [2.05, 4.69) is 0 Å². The van der Waals surface area contributed by atoms with Crippen molar-refractivity contribution in [3.05, 3.63) is 34.9 Å². The molecule has 5 nitrogen and oxygen atoms in total. The number of rotatable bonds is 5. The van der Waals surface area contributed by atoms with Crippen molar-refractivity contribution in [2.24, 2.45) is 5.92 Å². The Morgan fingerprint density at radius 3 is 2.54 bits per heavy atom. The Kier molecular flexibility index (Phi) is 5.62. The van der Waals surface area contributed by atoms with Gasteiger partial charge in [-0.25, -0.2) is 12.7 Å². The Morgan fingerprint density at radius 1 is 1.33 bits per heavy atom. The van der Waals surface area contributed by atoms with Gasteiger partial charge in [0, 0.05) is 37.1 Å². The number of carbonyl (C=O) groups excluding carboxylic acids is 1.